The molecule has 1 N–H and O–H groups in total. The fourth-order valence-electron chi connectivity index (χ4n) is 2.30. The van der Waals surface area contributed by atoms with E-state index in [1.54, 1.807) is 30.9 Å². The summed E-state index contributed by atoms with van der Waals surface area (Å²) in [4.78, 5) is 34.9. The summed E-state index contributed by atoms with van der Waals surface area (Å²) in [5.74, 6) is 0.665. The number of nitro groups is 1. The Kier molecular flexibility index (Phi) is 5.18. The first-order valence-electron chi connectivity index (χ1n) is 7.57. The third kappa shape index (κ3) is 3.83. The number of nitrogens with zero attached hydrogens (tertiary/aromatic N) is 5. The molecule has 3 aromatic rings. The van der Waals surface area contributed by atoms with Gasteiger partial charge in [-0.2, -0.15) is 0 Å². The fraction of sp³-hybridized carbons (Fsp3) is 0.125. The van der Waals surface area contributed by atoms with Gasteiger partial charge in [0.05, 0.1) is 15.5 Å². The van der Waals surface area contributed by atoms with Gasteiger partial charge in [-0.15, -0.1) is 0 Å². The van der Waals surface area contributed by atoms with Crippen molar-refractivity contribution in [2.24, 2.45) is 0 Å². The third-order valence-corrected chi connectivity index (χ3v) is 3.84. The van der Waals surface area contributed by atoms with Crippen molar-refractivity contribution in [2.75, 3.05) is 6.54 Å². The van der Waals surface area contributed by atoms with Gasteiger partial charge in [0.15, 0.2) is 11.6 Å². The summed E-state index contributed by atoms with van der Waals surface area (Å²) in [6.07, 6.45) is 6.64. The van der Waals surface area contributed by atoms with Crippen LogP contribution in [0.4, 0.5) is 5.69 Å². The molecule has 10 heteroatoms. The van der Waals surface area contributed by atoms with Crippen LogP contribution >= 0.6 is 11.6 Å². The Labute approximate surface area is 152 Å². The number of carbonyl (C=O) groups excluding carboxylic acids is 1. The predicted molar refractivity (Wildman–Crippen MR) is 93.7 cm³/mol. The van der Waals surface area contributed by atoms with Gasteiger partial charge in [0, 0.05) is 50.0 Å². The molecule has 0 saturated carbocycles. The maximum Gasteiger partial charge on any atom is 0.270 e. The summed E-state index contributed by atoms with van der Waals surface area (Å²) in [5, 5.41) is 13.5. The van der Waals surface area contributed by atoms with Crippen molar-refractivity contribution in [1.29, 1.82) is 0 Å². The molecule has 0 atom stereocenters. The zero-order chi connectivity index (χ0) is 18.5. The van der Waals surface area contributed by atoms with Crippen molar-refractivity contribution in [3.05, 3.63) is 69.8 Å². The summed E-state index contributed by atoms with van der Waals surface area (Å²) in [6.45, 7) is 0.756. The molecule has 2 heterocycles. The molecule has 1 amide bonds. The average Bonchev–Trinajstić information content (AvgIpc) is 3.10. The summed E-state index contributed by atoms with van der Waals surface area (Å²) in [5.41, 5.74) is 0.00647. The standard InChI is InChI=1S/C16H13ClN6O3/c17-13-10-11(23(25)26)2-3-12(13)16(24)21-7-9-22-8-6-20-15(22)14-18-4-1-5-19-14/h1-6,8,10H,7,9H2,(H,21,24). The minimum absolute atomic E-state index is 0.0257. The van der Waals surface area contributed by atoms with E-state index in [9.17, 15) is 14.9 Å². The van der Waals surface area contributed by atoms with E-state index in [4.69, 9.17) is 11.6 Å². The Morgan fingerprint density at radius 1 is 1.23 bits per heavy atom. The van der Waals surface area contributed by atoms with Crippen LogP contribution in [0.5, 0.6) is 0 Å². The second-order valence-electron chi connectivity index (χ2n) is 5.19. The zero-order valence-electron chi connectivity index (χ0n) is 13.4. The SMILES string of the molecule is O=C(NCCn1ccnc1-c1ncccn1)c1ccc([N+](=O)[O-])cc1Cl. The molecule has 0 bridgehead atoms. The monoisotopic (exact) mass is 372 g/mol. The fourth-order valence-corrected chi connectivity index (χ4v) is 2.56. The van der Waals surface area contributed by atoms with Crippen LogP contribution in [0.25, 0.3) is 11.6 Å². The molecule has 0 fully saturated rings. The lowest BCUT2D eigenvalue weighted by Gasteiger charge is -2.09. The van der Waals surface area contributed by atoms with E-state index in [0.29, 0.717) is 24.7 Å². The summed E-state index contributed by atoms with van der Waals surface area (Å²) in [6, 6.07) is 5.43. The van der Waals surface area contributed by atoms with E-state index >= 15 is 0 Å². The zero-order valence-corrected chi connectivity index (χ0v) is 14.1. The molecule has 0 spiro atoms. The van der Waals surface area contributed by atoms with Gasteiger partial charge in [0.2, 0.25) is 0 Å². The van der Waals surface area contributed by atoms with Crippen molar-refractivity contribution in [3.63, 3.8) is 0 Å². The maximum absolute atomic E-state index is 12.2. The van der Waals surface area contributed by atoms with E-state index in [1.807, 2.05) is 4.57 Å². The van der Waals surface area contributed by atoms with Crippen LogP contribution in [0.2, 0.25) is 5.02 Å². The molecule has 0 saturated heterocycles. The second kappa shape index (κ2) is 7.70. The van der Waals surface area contributed by atoms with Crippen LogP contribution in [-0.2, 0) is 6.54 Å². The van der Waals surface area contributed by atoms with Crippen LogP contribution in [0.15, 0.2) is 49.1 Å². The molecule has 1 aromatic carbocycles. The molecule has 0 aliphatic carbocycles. The molecular formula is C16H13ClN6O3. The lowest BCUT2D eigenvalue weighted by Crippen LogP contribution is -2.27. The first kappa shape index (κ1) is 17.5. The number of carbonyl (C=O) groups is 1. The van der Waals surface area contributed by atoms with Crippen molar-refractivity contribution >= 4 is 23.2 Å². The minimum Gasteiger partial charge on any atom is -0.350 e. The first-order chi connectivity index (χ1) is 12.6. The van der Waals surface area contributed by atoms with Crippen molar-refractivity contribution in [3.8, 4) is 11.6 Å². The van der Waals surface area contributed by atoms with Crippen LogP contribution in [-0.4, -0.2) is 36.9 Å². The number of rotatable bonds is 6. The van der Waals surface area contributed by atoms with Gasteiger partial charge in [0.25, 0.3) is 11.6 Å². The van der Waals surface area contributed by atoms with Gasteiger partial charge in [0.1, 0.15) is 0 Å². The Morgan fingerprint density at radius 2 is 2.00 bits per heavy atom. The van der Waals surface area contributed by atoms with Gasteiger partial charge in [-0.3, -0.25) is 14.9 Å². The predicted octanol–water partition coefficient (Wildman–Crippen LogP) is 2.33. The quantitative estimate of drug-likeness (QED) is 0.524. The van der Waals surface area contributed by atoms with E-state index in [0.717, 1.165) is 6.07 Å². The number of halogens is 1. The highest BCUT2D eigenvalue weighted by Crippen LogP contribution is 2.22. The molecule has 132 valence electrons. The third-order valence-electron chi connectivity index (χ3n) is 3.53. The van der Waals surface area contributed by atoms with Gasteiger partial charge in [-0.1, -0.05) is 11.6 Å². The van der Waals surface area contributed by atoms with Crippen molar-refractivity contribution in [2.45, 2.75) is 6.54 Å². The molecule has 0 unspecified atom stereocenters. The van der Waals surface area contributed by atoms with Crippen molar-refractivity contribution < 1.29 is 9.72 Å². The van der Waals surface area contributed by atoms with Crippen LogP contribution in [0.1, 0.15) is 10.4 Å². The second-order valence-corrected chi connectivity index (χ2v) is 5.60. The van der Waals surface area contributed by atoms with Gasteiger partial charge < -0.3 is 9.88 Å². The molecule has 2 aromatic heterocycles. The highest BCUT2D eigenvalue weighted by atomic mass is 35.5. The number of hydrogen-bond donors (Lipinski definition) is 1. The first-order valence-corrected chi connectivity index (χ1v) is 7.94. The Bertz CT molecular complexity index is 944. The number of benzene rings is 1. The van der Waals surface area contributed by atoms with Crippen LogP contribution in [0, 0.1) is 10.1 Å². The topological polar surface area (TPSA) is 116 Å². The molecule has 0 aliphatic heterocycles. The molecule has 0 aliphatic rings. The van der Waals surface area contributed by atoms with Gasteiger partial charge in [-0.25, -0.2) is 15.0 Å². The number of nitrogens with one attached hydrogen (secondary N) is 1. The van der Waals surface area contributed by atoms with E-state index in [-0.39, 0.29) is 16.3 Å². The number of nitro benzene ring substituents is 1. The maximum atomic E-state index is 12.2. The highest BCUT2D eigenvalue weighted by Gasteiger charge is 2.15. The lowest BCUT2D eigenvalue weighted by atomic mass is 10.2. The molecule has 26 heavy (non-hydrogen) atoms. The van der Waals surface area contributed by atoms with E-state index < -0.39 is 10.8 Å². The van der Waals surface area contributed by atoms with Crippen LogP contribution < -0.4 is 5.32 Å². The Balaban J connectivity index is 1.63. The smallest absolute Gasteiger partial charge is 0.270 e. The van der Waals surface area contributed by atoms with E-state index in [1.165, 1.54) is 12.1 Å². The molecule has 3 rings (SSSR count). The Hall–Kier alpha value is -3.33. The lowest BCUT2D eigenvalue weighted by molar-refractivity contribution is -0.384. The number of hydrogen-bond acceptors (Lipinski definition) is 6. The van der Waals surface area contributed by atoms with Crippen molar-refractivity contribution in [1.82, 2.24) is 24.8 Å². The summed E-state index contributed by atoms with van der Waals surface area (Å²) in [7, 11) is 0. The summed E-state index contributed by atoms with van der Waals surface area (Å²) >= 11 is 5.96. The normalized spacial score (nSPS) is 10.5. The molecule has 0 radical (unpaired) electrons. The number of aromatic nitrogens is 4. The largest absolute Gasteiger partial charge is 0.350 e. The number of amides is 1. The van der Waals surface area contributed by atoms with Crippen LogP contribution in [0.3, 0.4) is 0 Å². The average molecular weight is 373 g/mol. The Morgan fingerprint density at radius 3 is 2.69 bits per heavy atom. The number of non-ortho nitro benzene ring substituents is 1. The highest BCUT2D eigenvalue weighted by molar-refractivity contribution is 6.34. The van der Waals surface area contributed by atoms with Gasteiger partial charge in [-0.05, 0) is 12.1 Å². The molecular weight excluding hydrogens is 360 g/mol. The minimum atomic E-state index is -0.570. The van der Waals surface area contributed by atoms with E-state index in [2.05, 4.69) is 20.3 Å². The van der Waals surface area contributed by atoms with Gasteiger partial charge >= 0.3 is 0 Å². The molecule has 9 nitrogen and oxygen atoms in total. The number of imidazole rings is 1. The summed E-state index contributed by atoms with van der Waals surface area (Å²) < 4.78 is 1.81.